The molecule has 0 spiro atoms. The molecule has 0 aliphatic heterocycles. The summed E-state index contributed by atoms with van der Waals surface area (Å²) >= 11 is 6.09. The van der Waals surface area contributed by atoms with Crippen molar-refractivity contribution >= 4 is 17.5 Å². The van der Waals surface area contributed by atoms with Crippen LogP contribution in [-0.4, -0.2) is 22.3 Å². The summed E-state index contributed by atoms with van der Waals surface area (Å²) in [6.45, 7) is 2.65. The average molecular weight is 293 g/mol. The molecule has 0 radical (unpaired) electrons. The van der Waals surface area contributed by atoms with Crippen molar-refractivity contribution < 1.29 is 9.18 Å². The Labute approximate surface area is 122 Å². The van der Waals surface area contributed by atoms with Crippen LogP contribution in [0.15, 0.2) is 42.7 Å². The van der Waals surface area contributed by atoms with Gasteiger partial charge in [-0.1, -0.05) is 29.8 Å². The van der Waals surface area contributed by atoms with Crippen molar-refractivity contribution in [3.8, 4) is 0 Å². The molecule has 0 saturated carbocycles. The molecule has 104 valence electrons. The summed E-state index contributed by atoms with van der Waals surface area (Å²) in [5.41, 5.74) is 0.854. The number of hydrogen-bond donors (Lipinski definition) is 0. The molecule has 1 aromatic carbocycles. The molecule has 0 bridgehead atoms. The van der Waals surface area contributed by atoms with Gasteiger partial charge in [0, 0.05) is 24.3 Å². The zero-order chi connectivity index (χ0) is 14.5. The van der Waals surface area contributed by atoms with Crippen LogP contribution >= 0.6 is 11.6 Å². The topological polar surface area (TPSA) is 33.2 Å². The van der Waals surface area contributed by atoms with E-state index in [4.69, 9.17) is 11.6 Å². The number of pyridine rings is 1. The fourth-order valence-corrected chi connectivity index (χ4v) is 2.07. The monoisotopic (exact) mass is 292 g/mol. The van der Waals surface area contributed by atoms with Crippen molar-refractivity contribution in [1.29, 1.82) is 0 Å². The van der Waals surface area contributed by atoms with E-state index in [1.54, 1.807) is 11.0 Å². The minimum atomic E-state index is -0.616. The smallest absolute Gasteiger partial charge is 0.257 e. The normalized spacial score (nSPS) is 10.3. The number of amides is 1. The van der Waals surface area contributed by atoms with Crippen molar-refractivity contribution in [1.82, 2.24) is 9.88 Å². The summed E-state index contributed by atoms with van der Waals surface area (Å²) in [4.78, 5) is 17.5. The van der Waals surface area contributed by atoms with Gasteiger partial charge >= 0.3 is 0 Å². The second-order valence-corrected chi connectivity index (χ2v) is 4.67. The maximum Gasteiger partial charge on any atom is 0.257 e. The molecule has 2 aromatic rings. The largest absolute Gasteiger partial charge is 0.334 e. The van der Waals surface area contributed by atoms with Gasteiger partial charge in [-0.15, -0.1) is 0 Å². The number of nitrogens with zero attached hydrogens (tertiary/aromatic N) is 2. The number of carbonyl (C=O) groups is 1. The summed E-state index contributed by atoms with van der Waals surface area (Å²) in [5.74, 6) is -0.984. The molecular formula is C15H14ClFN2O. The van der Waals surface area contributed by atoms with Crippen LogP contribution in [0.5, 0.6) is 0 Å². The highest BCUT2D eigenvalue weighted by Crippen LogP contribution is 2.18. The van der Waals surface area contributed by atoms with Crippen molar-refractivity contribution in [2.75, 3.05) is 6.54 Å². The van der Waals surface area contributed by atoms with E-state index in [9.17, 15) is 9.18 Å². The van der Waals surface area contributed by atoms with E-state index < -0.39 is 5.82 Å². The third-order valence-electron chi connectivity index (χ3n) is 2.99. The van der Waals surface area contributed by atoms with Crippen molar-refractivity contribution in [2.45, 2.75) is 13.5 Å². The fraction of sp³-hybridized carbons (Fsp3) is 0.200. The van der Waals surface area contributed by atoms with Crippen LogP contribution in [-0.2, 0) is 6.54 Å². The minimum Gasteiger partial charge on any atom is -0.334 e. The second-order valence-electron chi connectivity index (χ2n) is 4.27. The number of aromatic nitrogens is 1. The van der Waals surface area contributed by atoms with E-state index in [-0.39, 0.29) is 11.5 Å². The van der Waals surface area contributed by atoms with Crippen molar-refractivity contribution in [2.24, 2.45) is 0 Å². The number of hydrogen-bond acceptors (Lipinski definition) is 2. The highest BCUT2D eigenvalue weighted by molar-refractivity contribution is 6.31. The molecule has 5 heteroatoms. The van der Waals surface area contributed by atoms with E-state index in [1.165, 1.54) is 12.3 Å². The number of halogens is 2. The van der Waals surface area contributed by atoms with Crippen molar-refractivity contribution in [3.63, 3.8) is 0 Å². The van der Waals surface area contributed by atoms with Crippen LogP contribution in [0.3, 0.4) is 0 Å². The van der Waals surface area contributed by atoms with Gasteiger partial charge in [0.1, 0.15) is 0 Å². The quantitative estimate of drug-likeness (QED) is 0.863. The lowest BCUT2D eigenvalue weighted by atomic mass is 10.1. The predicted molar refractivity (Wildman–Crippen MR) is 76.1 cm³/mol. The van der Waals surface area contributed by atoms with Crippen molar-refractivity contribution in [3.05, 3.63) is 64.7 Å². The summed E-state index contributed by atoms with van der Waals surface area (Å²) in [6.07, 6.45) is 2.44. The first-order chi connectivity index (χ1) is 9.63. The lowest BCUT2D eigenvalue weighted by Crippen LogP contribution is -2.31. The van der Waals surface area contributed by atoms with E-state index in [0.29, 0.717) is 18.1 Å². The standard InChI is InChI=1S/C15H14ClFN2O/c1-2-19(10-11-5-3-4-6-13(11)16)15(20)12-7-8-18-9-14(12)17/h3-9H,2,10H2,1H3. The Hall–Kier alpha value is -1.94. The first kappa shape index (κ1) is 14.5. The number of benzene rings is 1. The first-order valence-corrected chi connectivity index (χ1v) is 6.63. The van der Waals surface area contributed by atoms with Gasteiger partial charge in [0.25, 0.3) is 5.91 Å². The molecule has 1 aromatic heterocycles. The highest BCUT2D eigenvalue weighted by atomic mass is 35.5. The third kappa shape index (κ3) is 3.14. The van der Waals surface area contributed by atoms with Crippen LogP contribution in [0.4, 0.5) is 4.39 Å². The Bertz CT molecular complexity index is 618. The van der Waals surface area contributed by atoms with Gasteiger partial charge in [0.05, 0.1) is 11.8 Å². The molecule has 20 heavy (non-hydrogen) atoms. The maximum absolute atomic E-state index is 13.6. The molecule has 0 unspecified atom stereocenters. The van der Waals surface area contributed by atoms with E-state index in [1.807, 2.05) is 25.1 Å². The van der Waals surface area contributed by atoms with Gasteiger partial charge < -0.3 is 4.90 Å². The van der Waals surface area contributed by atoms with Gasteiger partial charge in [-0.05, 0) is 24.6 Å². The van der Waals surface area contributed by atoms with Crippen LogP contribution < -0.4 is 0 Å². The van der Waals surface area contributed by atoms with Gasteiger partial charge in [-0.25, -0.2) is 4.39 Å². The van der Waals surface area contributed by atoms with Gasteiger partial charge in [0.15, 0.2) is 5.82 Å². The first-order valence-electron chi connectivity index (χ1n) is 6.25. The Kier molecular flexibility index (Phi) is 4.69. The molecule has 1 heterocycles. The Morgan fingerprint density at radius 1 is 1.35 bits per heavy atom. The fourth-order valence-electron chi connectivity index (χ4n) is 1.88. The van der Waals surface area contributed by atoms with Crippen LogP contribution in [0.2, 0.25) is 5.02 Å². The van der Waals surface area contributed by atoms with Crippen LogP contribution in [0.1, 0.15) is 22.8 Å². The molecular weight excluding hydrogens is 279 g/mol. The molecule has 0 N–H and O–H groups in total. The molecule has 0 aliphatic carbocycles. The summed E-state index contributed by atoms with van der Waals surface area (Å²) in [6, 6.07) is 8.68. The SMILES string of the molecule is CCN(Cc1ccccc1Cl)C(=O)c1ccncc1F. The zero-order valence-corrected chi connectivity index (χ0v) is 11.8. The summed E-state index contributed by atoms with van der Waals surface area (Å²) < 4.78 is 13.6. The van der Waals surface area contributed by atoms with Crippen LogP contribution in [0.25, 0.3) is 0 Å². The molecule has 0 aliphatic rings. The molecule has 3 nitrogen and oxygen atoms in total. The minimum absolute atomic E-state index is 0.0221. The maximum atomic E-state index is 13.6. The molecule has 0 atom stereocenters. The number of carbonyl (C=O) groups excluding carboxylic acids is 1. The lowest BCUT2D eigenvalue weighted by molar-refractivity contribution is 0.0747. The Morgan fingerprint density at radius 3 is 2.75 bits per heavy atom. The molecule has 2 rings (SSSR count). The van der Waals surface area contributed by atoms with E-state index in [2.05, 4.69) is 4.98 Å². The number of rotatable bonds is 4. The Balaban J connectivity index is 2.23. The summed E-state index contributed by atoms with van der Waals surface area (Å²) in [7, 11) is 0. The van der Waals surface area contributed by atoms with Crippen LogP contribution in [0, 0.1) is 5.82 Å². The average Bonchev–Trinajstić information content (AvgIpc) is 2.46. The lowest BCUT2D eigenvalue weighted by Gasteiger charge is -2.21. The van der Waals surface area contributed by atoms with E-state index >= 15 is 0 Å². The van der Waals surface area contributed by atoms with E-state index in [0.717, 1.165) is 11.8 Å². The molecule has 0 saturated heterocycles. The zero-order valence-electron chi connectivity index (χ0n) is 11.0. The predicted octanol–water partition coefficient (Wildman–Crippen LogP) is 3.54. The third-order valence-corrected chi connectivity index (χ3v) is 3.36. The van der Waals surface area contributed by atoms with Gasteiger partial charge in [-0.2, -0.15) is 0 Å². The molecule has 0 fully saturated rings. The molecule has 1 amide bonds. The second kappa shape index (κ2) is 6.48. The van der Waals surface area contributed by atoms with Gasteiger partial charge in [0.2, 0.25) is 0 Å². The van der Waals surface area contributed by atoms with Gasteiger partial charge in [-0.3, -0.25) is 9.78 Å². The highest BCUT2D eigenvalue weighted by Gasteiger charge is 2.18. The Morgan fingerprint density at radius 2 is 2.10 bits per heavy atom. The summed E-state index contributed by atoms with van der Waals surface area (Å²) in [5, 5.41) is 0.592.